The van der Waals surface area contributed by atoms with Crippen LogP contribution in [0.15, 0.2) is 9.59 Å². The molecule has 0 aromatic heterocycles. The molecule has 0 bridgehead atoms. The van der Waals surface area contributed by atoms with Crippen LogP contribution in [0.1, 0.15) is 107 Å². The molecule has 1 aromatic rings. The summed E-state index contributed by atoms with van der Waals surface area (Å²) in [6.45, 7) is 21.4. The molecule has 1 saturated carbocycles. The van der Waals surface area contributed by atoms with E-state index in [1.807, 2.05) is 76.2 Å². The second kappa shape index (κ2) is 14.8. The Morgan fingerprint density at radius 1 is 0.860 bits per heavy atom. The monoisotopic (exact) mass is 700 g/mol. The van der Waals surface area contributed by atoms with Crippen molar-refractivity contribution < 1.29 is 24.0 Å². The van der Waals surface area contributed by atoms with Gasteiger partial charge < -0.3 is 31.5 Å². The quantitative estimate of drug-likeness (QED) is 0.226. The van der Waals surface area contributed by atoms with Gasteiger partial charge >= 0.3 is 6.03 Å². The van der Waals surface area contributed by atoms with Crippen molar-refractivity contribution in [2.75, 3.05) is 25.0 Å². The van der Waals surface area contributed by atoms with Crippen LogP contribution in [0.2, 0.25) is 0 Å². The van der Waals surface area contributed by atoms with Crippen LogP contribution in [0.3, 0.4) is 0 Å². The Hall–Kier alpha value is -3.77. The molecular weight excluding hydrogens is 640 g/mol. The van der Waals surface area contributed by atoms with Gasteiger partial charge in [0.1, 0.15) is 12.1 Å². The van der Waals surface area contributed by atoms with E-state index in [2.05, 4.69) is 16.0 Å². The van der Waals surface area contributed by atoms with Gasteiger partial charge in [0.2, 0.25) is 28.5 Å². The van der Waals surface area contributed by atoms with Crippen molar-refractivity contribution in [3.05, 3.63) is 26.0 Å². The number of nitrogens with two attached hydrogens (primary N) is 1. The molecule has 1 heterocycles. The molecule has 5 N–H and O–H groups in total. The van der Waals surface area contributed by atoms with Crippen LogP contribution in [-0.4, -0.2) is 78.7 Å². The SMILES string of the molecule is CC(C)[C@H]1CCN(C(=O)[C@@H](NC(=O)N[C@H](CN(C)c2c(C(C)(C)C)c(=O)c2=O)C(C)(C)C)C(C)(C)C)[C@@H]1C(=O)NC(CC1CC1)C(=O)C(N)=O. The summed E-state index contributed by atoms with van der Waals surface area (Å²) in [5.41, 5.74) is 3.31. The lowest BCUT2D eigenvalue weighted by atomic mass is 9.81. The molecule has 5 amide bonds. The number of ketones is 1. The molecular formula is C37H60N6O7. The topological polar surface area (TPSA) is 188 Å². The fourth-order valence-electron chi connectivity index (χ4n) is 6.93. The number of primary amides is 1. The molecule has 13 nitrogen and oxygen atoms in total. The molecule has 0 spiro atoms. The van der Waals surface area contributed by atoms with Gasteiger partial charge in [-0.15, -0.1) is 0 Å². The zero-order valence-corrected chi connectivity index (χ0v) is 32.1. The van der Waals surface area contributed by atoms with Crippen LogP contribution in [0.5, 0.6) is 0 Å². The Bertz CT molecular complexity index is 1530. The molecule has 1 aromatic carbocycles. The maximum absolute atomic E-state index is 14.4. The molecule has 1 aliphatic carbocycles. The van der Waals surface area contributed by atoms with E-state index in [4.69, 9.17) is 5.73 Å². The Kier molecular flexibility index (Phi) is 12.1. The minimum Gasteiger partial charge on any atom is -0.369 e. The van der Waals surface area contributed by atoms with E-state index in [-0.39, 0.29) is 30.8 Å². The highest BCUT2D eigenvalue weighted by Crippen LogP contribution is 2.36. The predicted molar refractivity (Wildman–Crippen MR) is 193 cm³/mol. The molecule has 1 aliphatic heterocycles. The van der Waals surface area contributed by atoms with Crippen LogP contribution in [-0.2, 0) is 24.6 Å². The molecule has 50 heavy (non-hydrogen) atoms. The maximum atomic E-state index is 14.4. The highest BCUT2D eigenvalue weighted by Gasteiger charge is 2.48. The fourth-order valence-corrected chi connectivity index (χ4v) is 6.93. The van der Waals surface area contributed by atoms with Gasteiger partial charge in [-0.3, -0.25) is 28.8 Å². The highest BCUT2D eigenvalue weighted by molar-refractivity contribution is 6.37. The number of hydrogen-bond acceptors (Lipinski definition) is 8. The summed E-state index contributed by atoms with van der Waals surface area (Å²) >= 11 is 0. The second-order valence-electron chi connectivity index (χ2n) is 18.0. The summed E-state index contributed by atoms with van der Waals surface area (Å²) in [6, 6.07) is -4.09. The maximum Gasteiger partial charge on any atom is 0.315 e. The lowest BCUT2D eigenvalue weighted by Crippen LogP contribution is -2.62. The van der Waals surface area contributed by atoms with E-state index in [1.165, 1.54) is 4.90 Å². The first-order chi connectivity index (χ1) is 22.8. The van der Waals surface area contributed by atoms with Crippen LogP contribution in [0.25, 0.3) is 0 Å². The number of Topliss-reactive ketones (excluding diaryl/α,β-unsaturated/α-hetero) is 1. The van der Waals surface area contributed by atoms with E-state index in [0.29, 0.717) is 24.1 Å². The lowest BCUT2D eigenvalue weighted by molar-refractivity contribution is -0.144. The van der Waals surface area contributed by atoms with Crippen LogP contribution >= 0.6 is 0 Å². The van der Waals surface area contributed by atoms with Crippen LogP contribution in [0.4, 0.5) is 10.5 Å². The first-order valence-corrected chi connectivity index (χ1v) is 17.8. The molecule has 2 aliphatic rings. The van der Waals surface area contributed by atoms with Gasteiger partial charge in [-0.05, 0) is 46.8 Å². The Balaban J connectivity index is 1.84. The summed E-state index contributed by atoms with van der Waals surface area (Å²) in [4.78, 5) is 94.8. The molecule has 1 saturated heterocycles. The lowest BCUT2D eigenvalue weighted by Gasteiger charge is -2.39. The number of likely N-dealkylation sites (tertiary alicyclic amines) is 1. The molecule has 3 rings (SSSR count). The van der Waals surface area contributed by atoms with Crippen LogP contribution < -0.4 is 37.4 Å². The van der Waals surface area contributed by atoms with Gasteiger partial charge in [-0.2, -0.15) is 0 Å². The van der Waals surface area contributed by atoms with Crippen molar-refractivity contribution in [1.82, 2.24) is 20.9 Å². The second-order valence-corrected chi connectivity index (χ2v) is 18.0. The van der Waals surface area contributed by atoms with Crippen molar-refractivity contribution in [2.45, 2.75) is 131 Å². The van der Waals surface area contributed by atoms with E-state index < -0.39 is 80.8 Å². The predicted octanol–water partition coefficient (Wildman–Crippen LogP) is 2.36. The molecule has 13 heteroatoms. The summed E-state index contributed by atoms with van der Waals surface area (Å²) in [5, 5.41) is 8.66. The number of hydrogen-bond donors (Lipinski definition) is 4. The zero-order chi connectivity index (χ0) is 38.3. The third-order valence-corrected chi connectivity index (χ3v) is 10.2. The zero-order valence-electron chi connectivity index (χ0n) is 32.1. The van der Waals surface area contributed by atoms with Gasteiger partial charge in [0, 0.05) is 25.7 Å². The molecule has 2 fully saturated rings. The van der Waals surface area contributed by atoms with E-state index in [0.717, 1.165) is 12.8 Å². The first-order valence-electron chi connectivity index (χ1n) is 17.8. The minimum absolute atomic E-state index is 0.0258. The Morgan fingerprint density at radius 3 is 1.90 bits per heavy atom. The largest absolute Gasteiger partial charge is 0.369 e. The van der Waals surface area contributed by atoms with Crippen molar-refractivity contribution in [3.8, 4) is 0 Å². The summed E-state index contributed by atoms with van der Waals surface area (Å²) in [6.07, 6.45) is 2.67. The van der Waals surface area contributed by atoms with E-state index >= 15 is 0 Å². The Morgan fingerprint density at radius 2 is 1.44 bits per heavy atom. The number of nitrogens with zero attached hydrogens (tertiary/aromatic N) is 2. The third-order valence-electron chi connectivity index (χ3n) is 10.2. The normalized spacial score (nSPS) is 20.3. The van der Waals surface area contributed by atoms with Crippen LogP contribution in [0, 0.1) is 28.6 Å². The number of amides is 5. The van der Waals surface area contributed by atoms with Crippen molar-refractivity contribution >= 4 is 35.2 Å². The van der Waals surface area contributed by atoms with E-state index in [1.54, 1.807) is 11.9 Å². The third kappa shape index (κ3) is 9.31. The number of nitrogens with one attached hydrogen (secondary N) is 3. The van der Waals surface area contributed by atoms with Gasteiger partial charge in [0.25, 0.3) is 5.91 Å². The molecule has 280 valence electrons. The minimum atomic E-state index is -1.11. The van der Waals surface area contributed by atoms with Gasteiger partial charge in [0.05, 0.1) is 17.8 Å². The molecule has 0 radical (unpaired) electrons. The summed E-state index contributed by atoms with van der Waals surface area (Å²) in [5.74, 6) is -2.88. The number of rotatable bonds is 13. The average Bonchev–Trinajstić information content (AvgIpc) is 3.67. The Labute approximate surface area is 296 Å². The number of urea groups is 1. The fraction of sp³-hybridized carbons (Fsp3) is 0.757. The van der Waals surface area contributed by atoms with Crippen molar-refractivity contribution in [3.63, 3.8) is 0 Å². The smallest absolute Gasteiger partial charge is 0.315 e. The van der Waals surface area contributed by atoms with Gasteiger partial charge in [-0.25, -0.2) is 4.79 Å². The standard InChI is InChI=1S/C37H60N6O7/c1-19(2)21-15-16-43(25(21)32(48)39-22(17-20-13-14-20)27(44)31(38)47)33(49)30(37(9,10)11)41-34(50)40-23(35(3,4)5)18-42(12)26-24(36(6,7)8)28(45)29(26)46/h19-23,25,30H,13-18H2,1-12H3,(H2,38,47)(H,39,48)(H2,40,41,50)/t21-,22?,23-,25+,30-/m1/s1. The van der Waals surface area contributed by atoms with Gasteiger partial charge in [0.15, 0.2) is 0 Å². The first kappa shape index (κ1) is 40.7. The number of likely N-dealkylation sites (N-methyl/N-ethyl adjacent to an activating group) is 1. The van der Waals surface area contributed by atoms with E-state index in [9.17, 15) is 33.6 Å². The van der Waals surface area contributed by atoms with Crippen molar-refractivity contribution in [2.24, 2.45) is 34.3 Å². The molecule has 1 unspecified atom stereocenters. The highest BCUT2D eigenvalue weighted by atomic mass is 16.2. The number of anilines is 1. The average molecular weight is 701 g/mol. The summed E-state index contributed by atoms with van der Waals surface area (Å²) in [7, 11) is 1.72. The molecule has 5 atom stereocenters. The van der Waals surface area contributed by atoms with Crippen molar-refractivity contribution in [1.29, 1.82) is 0 Å². The van der Waals surface area contributed by atoms with Gasteiger partial charge in [-0.1, -0.05) is 89.0 Å². The summed E-state index contributed by atoms with van der Waals surface area (Å²) < 4.78 is 0. The number of carbonyl (C=O) groups is 5. The number of carbonyl (C=O) groups excluding carboxylic acids is 5.